The van der Waals surface area contributed by atoms with Gasteiger partial charge in [0.2, 0.25) is 0 Å². The van der Waals surface area contributed by atoms with Crippen LogP contribution in [0.4, 0.5) is 11.6 Å². The Morgan fingerprint density at radius 2 is 1.89 bits per heavy atom. The molecule has 0 aliphatic carbocycles. The molecule has 0 aliphatic rings. The van der Waals surface area contributed by atoms with E-state index in [2.05, 4.69) is 41.4 Å². The molecular formula is C14H26N4O. The van der Waals surface area contributed by atoms with Crippen molar-refractivity contribution in [3.63, 3.8) is 0 Å². The third-order valence-electron chi connectivity index (χ3n) is 2.86. The van der Waals surface area contributed by atoms with Gasteiger partial charge < -0.3 is 15.7 Å². The maximum Gasteiger partial charge on any atom is 0.133 e. The van der Waals surface area contributed by atoms with Crippen LogP contribution in [0, 0.1) is 5.92 Å². The molecule has 19 heavy (non-hydrogen) atoms. The van der Waals surface area contributed by atoms with Gasteiger partial charge in [-0.1, -0.05) is 13.8 Å². The van der Waals surface area contributed by atoms with Crippen molar-refractivity contribution in [3.05, 3.63) is 11.9 Å². The highest BCUT2D eigenvalue weighted by Gasteiger charge is 2.06. The number of aromatic nitrogens is 2. The minimum atomic E-state index is 0.232. The summed E-state index contributed by atoms with van der Waals surface area (Å²) >= 11 is 0. The first-order chi connectivity index (χ1) is 9.19. The monoisotopic (exact) mass is 266 g/mol. The van der Waals surface area contributed by atoms with Gasteiger partial charge in [0, 0.05) is 32.2 Å². The molecule has 0 aliphatic heterocycles. The van der Waals surface area contributed by atoms with Crippen LogP contribution >= 0.6 is 0 Å². The standard InChI is InChI=1S/C14H26N4O/c1-4-6-12-17-13(15-5-2)9-14(18-12)16-10-11(3)7-8-19/h9,11,19H,4-8,10H2,1-3H3,(H2,15,16,17,18). The molecule has 1 aromatic heterocycles. The zero-order chi connectivity index (χ0) is 14.1. The van der Waals surface area contributed by atoms with E-state index in [1.807, 2.05) is 6.07 Å². The molecule has 5 heteroatoms. The third-order valence-corrected chi connectivity index (χ3v) is 2.86. The van der Waals surface area contributed by atoms with Gasteiger partial charge in [0.05, 0.1) is 0 Å². The summed E-state index contributed by atoms with van der Waals surface area (Å²) in [6.07, 6.45) is 2.73. The van der Waals surface area contributed by atoms with Gasteiger partial charge in [0.15, 0.2) is 0 Å². The molecule has 0 saturated heterocycles. The molecule has 0 aromatic carbocycles. The molecule has 0 amide bonds. The Hall–Kier alpha value is -1.36. The summed E-state index contributed by atoms with van der Waals surface area (Å²) in [7, 11) is 0. The van der Waals surface area contributed by atoms with Crippen molar-refractivity contribution < 1.29 is 5.11 Å². The van der Waals surface area contributed by atoms with E-state index in [1.54, 1.807) is 0 Å². The van der Waals surface area contributed by atoms with E-state index in [0.717, 1.165) is 49.8 Å². The first-order valence-corrected chi connectivity index (χ1v) is 7.16. The second-order valence-electron chi connectivity index (χ2n) is 4.83. The van der Waals surface area contributed by atoms with E-state index in [4.69, 9.17) is 5.11 Å². The molecule has 3 N–H and O–H groups in total. The molecule has 0 fully saturated rings. The number of hydrogen-bond donors (Lipinski definition) is 3. The maximum atomic E-state index is 8.90. The highest BCUT2D eigenvalue weighted by molar-refractivity contribution is 5.47. The fourth-order valence-electron chi connectivity index (χ4n) is 1.80. The van der Waals surface area contributed by atoms with Crippen molar-refractivity contribution >= 4 is 11.6 Å². The van der Waals surface area contributed by atoms with E-state index >= 15 is 0 Å². The molecule has 1 rings (SSSR count). The molecular weight excluding hydrogens is 240 g/mol. The van der Waals surface area contributed by atoms with Crippen molar-refractivity contribution in [1.29, 1.82) is 0 Å². The summed E-state index contributed by atoms with van der Waals surface area (Å²) in [5, 5.41) is 15.5. The number of aliphatic hydroxyl groups is 1. The lowest BCUT2D eigenvalue weighted by Gasteiger charge is -2.13. The molecule has 1 heterocycles. The summed E-state index contributed by atoms with van der Waals surface area (Å²) in [6.45, 7) is 8.19. The van der Waals surface area contributed by atoms with Crippen LogP contribution in [0.5, 0.6) is 0 Å². The fourth-order valence-corrected chi connectivity index (χ4v) is 1.80. The van der Waals surface area contributed by atoms with Gasteiger partial charge in [-0.3, -0.25) is 0 Å². The second kappa shape index (κ2) is 8.69. The average Bonchev–Trinajstić information content (AvgIpc) is 2.37. The topological polar surface area (TPSA) is 70.1 Å². The van der Waals surface area contributed by atoms with Crippen molar-refractivity contribution in [2.45, 2.75) is 40.0 Å². The van der Waals surface area contributed by atoms with Gasteiger partial charge in [-0.25, -0.2) is 9.97 Å². The SMILES string of the molecule is CCCc1nc(NCC)cc(NCC(C)CCO)n1. The van der Waals surface area contributed by atoms with Crippen molar-refractivity contribution in [2.24, 2.45) is 5.92 Å². The normalized spacial score (nSPS) is 12.2. The quantitative estimate of drug-likeness (QED) is 0.640. The largest absolute Gasteiger partial charge is 0.396 e. The van der Waals surface area contributed by atoms with Gasteiger partial charge in [0.25, 0.3) is 0 Å². The highest BCUT2D eigenvalue weighted by atomic mass is 16.3. The minimum Gasteiger partial charge on any atom is -0.396 e. The van der Waals surface area contributed by atoms with Crippen LogP contribution in [0.15, 0.2) is 6.07 Å². The zero-order valence-electron chi connectivity index (χ0n) is 12.2. The summed E-state index contributed by atoms with van der Waals surface area (Å²) in [5.74, 6) is 3.04. The number of aryl methyl sites for hydroxylation is 1. The molecule has 1 atom stereocenters. The van der Waals surface area contributed by atoms with Crippen LogP contribution in [-0.4, -0.2) is 34.8 Å². The Bertz CT molecular complexity index is 346. The fraction of sp³-hybridized carbons (Fsp3) is 0.714. The van der Waals surface area contributed by atoms with Crippen molar-refractivity contribution in [2.75, 3.05) is 30.3 Å². The van der Waals surface area contributed by atoms with Gasteiger partial charge in [-0.2, -0.15) is 0 Å². The van der Waals surface area contributed by atoms with Crippen LogP contribution < -0.4 is 10.6 Å². The number of nitrogens with one attached hydrogen (secondary N) is 2. The molecule has 0 radical (unpaired) electrons. The number of nitrogens with zero attached hydrogens (tertiary/aromatic N) is 2. The lowest BCUT2D eigenvalue weighted by molar-refractivity contribution is 0.266. The van der Waals surface area contributed by atoms with Crippen molar-refractivity contribution in [1.82, 2.24) is 9.97 Å². The van der Waals surface area contributed by atoms with Crippen LogP contribution in [-0.2, 0) is 6.42 Å². The molecule has 0 bridgehead atoms. The lowest BCUT2D eigenvalue weighted by Crippen LogP contribution is -2.15. The van der Waals surface area contributed by atoms with Crippen LogP contribution in [0.25, 0.3) is 0 Å². The average molecular weight is 266 g/mol. The second-order valence-corrected chi connectivity index (χ2v) is 4.83. The van der Waals surface area contributed by atoms with Gasteiger partial charge in [0.1, 0.15) is 17.5 Å². The Kier molecular flexibility index (Phi) is 7.18. The van der Waals surface area contributed by atoms with Crippen LogP contribution in [0.2, 0.25) is 0 Å². The molecule has 1 unspecified atom stereocenters. The minimum absolute atomic E-state index is 0.232. The summed E-state index contributed by atoms with van der Waals surface area (Å²) in [6, 6.07) is 1.94. The van der Waals surface area contributed by atoms with Gasteiger partial charge >= 0.3 is 0 Å². The van der Waals surface area contributed by atoms with E-state index in [-0.39, 0.29) is 6.61 Å². The molecule has 0 spiro atoms. The Morgan fingerprint density at radius 1 is 1.21 bits per heavy atom. The molecule has 5 nitrogen and oxygen atoms in total. The maximum absolute atomic E-state index is 8.90. The van der Waals surface area contributed by atoms with Crippen LogP contribution in [0.3, 0.4) is 0 Å². The predicted molar refractivity (Wildman–Crippen MR) is 79.5 cm³/mol. The summed E-state index contributed by atoms with van der Waals surface area (Å²) in [5.41, 5.74) is 0. The van der Waals surface area contributed by atoms with E-state index < -0.39 is 0 Å². The van der Waals surface area contributed by atoms with Crippen LogP contribution in [0.1, 0.15) is 39.4 Å². The third kappa shape index (κ3) is 5.87. The van der Waals surface area contributed by atoms with Gasteiger partial charge in [-0.15, -0.1) is 0 Å². The Morgan fingerprint density at radius 3 is 2.47 bits per heavy atom. The van der Waals surface area contributed by atoms with Gasteiger partial charge in [-0.05, 0) is 25.7 Å². The van der Waals surface area contributed by atoms with E-state index in [0.29, 0.717) is 5.92 Å². The zero-order valence-corrected chi connectivity index (χ0v) is 12.2. The van der Waals surface area contributed by atoms with Crippen molar-refractivity contribution in [3.8, 4) is 0 Å². The number of hydrogen-bond acceptors (Lipinski definition) is 5. The summed E-state index contributed by atoms with van der Waals surface area (Å²) < 4.78 is 0. The Balaban J connectivity index is 2.69. The van der Waals surface area contributed by atoms with E-state index in [9.17, 15) is 0 Å². The smallest absolute Gasteiger partial charge is 0.133 e. The number of aliphatic hydroxyl groups excluding tert-OH is 1. The first kappa shape index (κ1) is 15.7. The predicted octanol–water partition coefficient (Wildman–Crippen LogP) is 2.29. The lowest BCUT2D eigenvalue weighted by atomic mass is 10.1. The molecule has 1 aromatic rings. The summed E-state index contributed by atoms with van der Waals surface area (Å²) in [4.78, 5) is 8.99. The molecule has 108 valence electrons. The number of anilines is 2. The number of rotatable bonds is 9. The highest BCUT2D eigenvalue weighted by Crippen LogP contribution is 2.13. The first-order valence-electron chi connectivity index (χ1n) is 7.16. The van der Waals surface area contributed by atoms with E-state index in [1.165, 1.54) is 0 Å². The molecule has 0 saturated carbocycles. The Labute approximate surface area is 115 Å².